The maximum atomic E-state index is 12.1. The van der Waals surface area contributed by atoms with Crippen molar-refractivity contribution in [2.45, 2.75) is 31.3 Å². The van der Waals surface area contributed by atoms with Crippen LogP contribution in [0.4, 0.5) is 0 Å². The first-order chi connectivity index (χ1) is 11.0. The molecule has 2 amide bonds. The Morgan fingerprint density at radius 1 is 1.35 bits per heavy atom. The van der Waals surface area contributed by atoms with Crippen LogP contribution in [-0.2, 0) is 20.8 Å². The van der Waals surface area contributed by atoms with Gasteiger partial charge in [-0.1, -0.05) is 18.2 Å². The fraction of sp³-hybridized carbons (Fsp3) is 0.312. The lowest BCUT2D eigenvalue weighted by Crippen LogP contribution is -2.49. The van der Waals surface area contributed by atoms with Crippen molar-refractivity contribution < 1.29 is 19.5 Å². The molecule has 23 heavy (non-hydrogen) atoms. The second kappa shape index (κ2) is 6.12. The normalized spacial score (nSPS) is 18.6. The maximum Gasteiger partial charge on any atom is 0.326 e. The molecule has 4 N–H and O–H groups in total. The first-order valence-electron chi connectivity index (χ1n) is 7.42. The standard InChI is InChI=1S/C16H17N3O4/c20-14-6-5-12(18-14)15(21)19-13(16(22)23)7-9-8-17-11-4-2-1-3-10(9)11/h1-4,8,12-13,17H,5-7H2,(H,18,20)(H,19,21)(H,22,23)/t12-,13+/m1/s1. The zero-order chi connectivity index (χ0) is 16.4. The summed E-state index contributed by atoms with van der Waals surface area (Å²) < 4.78 is 0. The molecule has 1 aliphatic heterocycles. The van der Waals surface area contributed by atoms with Gasteiger partial charge in [0, 0.05) is 29.9 Å². The van der Waals surface area contributed by atoms with Crippen molar-refractivity contribution in [1.29, 1.82) is 0 Å². The van der Waals surface area contributed by atoms with Crippen LogP contribution in [0.1, 0.15) is 18.4 Å². The van der Waals surface area contributed by atoms with Crippen molar-refractivity contribution in [3.63, 3.8) is 0 Å². The number of benzene rings is 1. The topological polar surface area (TPSA) is 111 Å². The fourth-order valence-corrected chi connectivity index (χ4v) is 2.80. The van der Waals surface area contributed by atoms with E-state index in [9.17, 15) is 19.5 Å². The van der Waals surface area contributed by atoms with Crippen LogP contribution in [0.2, 0.25) is 0 Å². The monoisotopic (exact) mass is 315 g/mol. The smallest absolute Gasteiger partial charge is 0.326 e. The number of nitrogens with one attached hydrogen (secondary N) is 3. The number of rotatable bonds is 5. The molecule has 1 saturated heterocycles. The summed E-state index contributed by atoms with van der Waals surface area (Å²) in [5.74, 6) is -1.75. The van der Waals surface area contributed by atoms with Gasteiger partial charge in [-0.15, -0.1) is 0 Å². The quantitative estimate of drug-likeness (QED) is 0.646. The molecule has 3 rings (SSSR count). The molecule has 120 valence electrons. The molecule has 0 aliphatic carbocycles. The van der Waals surface area contributed by atoms with E-state index in [0.29, 0.717) is 6.42 Å². The number of carboxylic acids is 1. The Bertz CT molecular complexity index is 768. The molecule has 7 heteroatoms. The molecule has 1 aromatic heterocycles. The summed E-state index contributed by atoms with van der Waals surface area (Å²) in [6, 6.07) is 5.89. The van der Waals surface area contributed by atoms with E-state index >= 15 is 0 Å². The van der Waals surface area contributed by atoms with Gasteiger partial charge in [0.25, 0.3) is 0 Å². The predicted octanol–water partition coefficient (Wildman–Crippen LogP) is 0.558. The number of H-pyrrole nitrogens is 1. The van der Waals surface area contributed by atoms with Crippen LogP contribution in [0.3, 0.4) is 0 Å². The number of aliphatic carboxylic acids is 1. The summed E-state index contributed by atoms with van der Waals surface area (Å²) in [6.07, 6.45) is 2.61. The number of carbonyl (C=O) groups is 3. The molecule has 0 unspecified atom stereocenters. The molecule has 0 saturated carbocycles. The van der Waals surface area contributed by atoms with Gasteiger partial charge in [0.2, 0.25) is 11.8 Å². The van der Waals surface area contributed by atoms with Crippen molar-refractivity contribution in [1.82, 2.24) is 15.6 Å². The molecule has 1 aromatic carbocycles. The number of aromatic amines is 1. The molecule has 1 aliphatic rings. The molecular formula is C16H17N3O4. The van der Waals surface area contributed by atoms with Gasteiger partial charge in [0.15, 0.2) is 0 Å². The minimum absolute atomic E-state index is 0.172. The zero-order valence-corrected chi connectivity index (χ0v) is 12.3. The van der Waals surface area contributed by atoms with Gasteiger partial charge < -0.3 is 20.7 Å². The van der Waals surface area contributed by atoms with E-state index in [2.05, 4.69) is 15.6 Å². The van der Waals surface area contributed by atoms with Crippen LogP contribution in [0.25, 0.3) is 10.9 Å². The Morgan fingerprint density at radius 3 is 2.83 bits per heavy atom. The minimum Gasteiger partial charge on any atom is -0.480 e. The second-order valence-electron chi connectivity index (χ2n) is 5.62. The average Bonchev–Trinajstić information content (AvgIpc) is 3.13. The van der Waals surface area contributed by atoms with Crippen molar-refractivity contribution >= 4 is 28.7 Å². The van der Waals surface area contributed by atoms with Gasteiger partial charge in [-0.25, -0.2) is 4.79 Å². The maximum absolute atomic E-state index is 12.1. The number of carboxylic acid groups (broad SMARTS) is 1. The third kappa shape index (κ3) is 3.18. The molecule has 0 spiro atoms. The third-order valence-electron chi connectivity index (χ3n) is 4.03. The lowest BCUT2D eigenvalue weighted by molar-refractivity contribution is -0.142. The van der Waals surface area contributed by atoms with E-state index in [1.54, 1.807) is 6.20 Å². The molecule has 2 atom stereocenters. The largest absolute Gasteiger partial charge is 0.480 e. The number of fused-ring (bicyclic) bond motifs is 1. The minimum atomic E-state index is -1.10. The van der Waals surface area contributed by atoms with E-state index in [0.717, 1.165) is 16.5 Å². The van der Waals surface area contributed by atoms with Gasteiger partial charge in [-0.05, 0) is 18.1 Å². The van der Waals surface area contributed by atoms with Gasteiger partial charge in [-0.2, -0.15) is 0 Å². The number of para-hydroxylation sites is 1. The molecule has 1 fully saturated rings. The second-order valence-corrected chi connectivity index (χ2v) is 5.62. The van der Waals surface area contributed by atoms with Gasteiger partial charge in [0.05, 0.1) is 0 Å². The Balaban J connectivity index is 1.73. The molecule has 0 radical (unpaired) electrons. The molecular weight excluding hydrogens is 298 g/mol. The highest BCUT2D eigenvalue weighted by Gasteiger charge is 2.30. The summed E-state index contributed by atoms with van der Waals surface area (Å²) in [5, 5.41) is 15.4. The fourth-order valence-electron chi connectivity index (χ4n) is 2.80. The highest BCUT2D eigenvalue weighted by molar-refractivity contribution is 5.93. The van der Waals surface area contributed by atoms with Crippen LogP contribution in [0.15, 0.2) is 30.5 Å². The van der Waals surface area contributed by atoms with Gasteiger partial charge >= 0.3 is 5.97 Å². The number of amides is 2. The first kappa shape index (κ1) is 15.1. The van der Waals surface area contributed by atoms with Crippen LogP contribution in [-0.4, -0.2) is 40.0 Å². The summed E-state index contributed by atoms with van der Waals surface area (Å²) in [7, 11) is 0. The first-order valence-corrected chi connectivity index (χ1v) is 7.42. The average molecular weight is 315 g/mol. The lowest BCUT2D eigenvalue weighted by Gasteiger charge is -2.17. The van der Waals surface area contributed by atoms with E-state index in [1.165, 1.54) is 0 Å². The molecule has 0 bridgehead atoms. The predicted molar refractivity (Wildman–Crippen MR) is 82.7 cm³/mol. The third-order valence-corrected chi connectivity index (χ3v) is 4.03. The highest BCUT2D eigenvalue weighted by atomic mass is 16.4. The Morgan fingerprint density at radius 2 is 2.13 bits per heavy atom. The number of aromatic nitrogens is 1. The lowest BCUT2D eigenvalue weighted by atomic mass is 10.0. The van der Waals surface area contributed by atoms with Crippen LogP contribution < -0.4 is 10.6 Å². The van der Waals surface area contributed by atoms with E-state index in [-0.39, 0.29) is 18.7 Å². The van der Waals surface area contributed by atoms with E-state index in [1.807, 2.05) is 24.3 Å². The summed E-state index contributed by atoms with van der Waals surface area (Å²) in [6.45, 7) is 0. The van der Waals surface area contributed by atoms with E-state index < -0.39 is 24.0 Å². The van der Waals surface area contributed by atoms with Crippen LogP contribution >= 0.6 is 0 Å². The van der Waals surface area contributed by atoms with Gasteiger partial charge in [0.1, 0.15) is 12.1 Å². The molecule has 2 heterocycles. The van der Waals surface area contributed by atoms with Gasteiger partial charge in [-0.3, -0.25) is 9.59 Å². The Hall–Kier alpha value is -2.83. The van der Waals surface area contributed by atoms with Crippen molar-refractivity contribution in [2.75, 3.05) is 0 Å². The summed E-state index contributed by atoms with van der Waals surface area (Å²) >= 11 is 0. The SMILES string of the molecule is O=C1CC[C@H](C(=O)N[C@@H](Cc2c[nH]c3ccccc23)C(=O)O)N1. The van der Waals surface area contributed by atoms with Crippen molar-refractivity contribution in [3.05, 3.63) is 36.0 Å². The van der Waals surface area contributed by atoms with Crippen molar-refractivity contribution in [3.8, 4) is 0 Å². The Labute approximate surface area is 132 Å². The Kier molecular flexibility index (Phi) is 4.01. The zero-order valence-electron chi connectivity index (χ0n) is 12.3. The van der Waals surface area contributed by atoms with Crippen LogP contribution in [0, 0.1) is 0 Å². The summed E-state index contributed by atoms with van der Waals surface area (Å²) in [4.78, 5) is 37.8. The highest BCUT2D eigenvalue weighted by Crippen LogP contribution is 2.19. The summed E-state index contributed by atoms with van der Waals surface area (Å²) in [5.41, 5.74) is 1.74. The van der Waals surface area contributed by atoms with Crippen LogP contribution in [0.5, 0.6) is 0 Å². The van der Waals surface area contributed by atoms with Crippen molar-refractivity contribution in [2.24, 2.45) is 0 Å². The number of hydrogen-bond acceptors (Lipinski definition) is 3. The molecule has 2 aromatic rings. The number of carbonyl (C=O) groups excluding carboxylic acids is 2. The number of hydrogen-bond donors (Lipinski definition) is 4. The van der Waals surface area contributed by atoms with E-state index in [4.69, 9.17) is 0 Å². The molecule has 7 nitrogen and oxygen atoms in total.